The van der Waals surface area contributed by atoms with Crippen molar-refractivity contribution in [1.29, 1.82) is 0 Å². The molecule has 18 heavy (non-hydrogen) atoms. The molecule has 1 aliphatic rings. The smallest absolute Gasteiger partial charge is 0.237 e. The number of carbonyl (C=O) groups excluding carboxylic acids is 1. The third kappa shape index (κ3) is 2.46. The van der Waals surface area contributed by atoms with Crippen molar-refractivity contribution in [2.24, 2.45) is 0 Å². The molecule has 0 saturated carbocycles. The van der Waals surface area contributed by atoms with Gasteiger partial charge in [-0.2, -0.15) is 0 Å². The second kappa shape index (κ2) is 4.68. The first-order valence-electron chi connectivity index (χ1n) is 4.98. The van der Waals surface area contributed by atoms with E-state index in [1.165, 1.54) is 12.1 Å². The van der Waals surface area contributed by atoms with E-state index in [1.807, 2.05) is 0 Å². The van der Waals surface area contributed by atoms with Crippen LogP contribution in [0.3, 0.4) is 0 Å². The highest BCUT2D eigenvalue weighted by atomic mass is 35.7. The van der Waals surface area contributed by atoms with Crippen LogP contribution in [0.25, 0.3) is 0 Å². The maximum absolute atomic E-state index is 13.6. The van der Waals surface area contributed by atoms with Crippen LogP contribution >= 0.6 is 22.3 Å². The highest BCUT2D eigenvalue weighted by molar-refractivity contribution is 8.14. The lowest BCUT2D eigenvalue weighted by atomic mass is 10.3. The van der Waals surface area contributed by atoms with Crippen LogP contribution in [0.2, 0.25) is 5.02 Å². The van der Waals surface area contributed by atoms with Crippen LogP contribution in [0.5, 0.6) is 0 Å². The van der Waals surface area contributed by atoms with Crippen molar-refractivity contribution < 1.29 is 17.6 Å². The summed E-state index contributed by atoms with van der Waals surface area (Å²) in [7, 11) is 1.35. The zero-order valence-electron chi connectivity index (χ0n) is 8.94. The van der Waals surface area contributed by atoms with E-state index >= 15 is 0 Å². The fraction of sp³-hybridized carbons (Fsp3) is 0.300. The lowest BCUT2D eigenvalue weighted by molar-refractivity contribution is -0.117. The number of para-hydroxylation sites is 1. The highest BCUT2D eigenvalue weighted by Gasteiger charge is 2.39. The molecular weight excluding hydrogens is 304 g/mol. The van der Waals surface area contributed by atoms with Crippen molar-refractivity contribution in [1.82, 2.24) is 0 Å². The molecule has 98 valence electrons. The van der Waals surface area contributed by atoms with Gasteiger partial charge >= 0.3 is 0 Å². The van der Waals surface area contributed by atoms with E-state index in [-0.39, 0.29) is 23.7 Å². The molecular formula is C10H8Cl2FNO3S. The second-order valence-corrected chi connectivity index (χ2v) is 7.19. The van der Waals surface area contributed by atoms with E-state index in [4.69, 9.17) is 22.3 Å². The van der Waals surface area contributed by atoms with Crippen LogP contribution in [-0.4, -0.2) is 26.1 Å². The molecule has 0 aliphatic carbocycles. The van der Waals surface area contributed by atoms with Gasteiger partial charge in [0.2, 0.25) is 15.0 Å². The Bertz CT molecular complexity index is 585. The number of anilines is 1. The number of halogens is 3. The third-order valence-electron chi connectivity index (χ3n) is 2.70. The van der Waals surface area contributed by atoms with Crippen molar-refractivity contribution in [3.8, 4) is 0 Å². The Morgan fingerprint density at radius 3 is 2.56 bits per heavy atom. The predicted molar refractivity (Wildman–Crippen MR) is 66.9 cm³/mol. The highest BCUT2D eigenvalue weighted by Crippen LogP contribution is 2.33. The number of rotatable bonds is 2. The molecule has 0 N–H and O–H groups in total. The summed E-state index contributed by atoms with van der Waals surface area (Å²) in [6.45, 7) is -0.189. The Hall–Kier alpha value is -0.850. The maximum atomic E-state index is 13.6. The Labute approximate surface area is 113 Å². The molecule has 1 aromatic rings. The molecule has 1 saturated heterocycles. The Morgan fingerprint density at radius 2 is 2.06 bits per heavy atom. The summed E-state index contributed by atoms with van der Waals surface area (Å²) < 4.78 is 36.0. The van der Waals surface area contributed by atoms with Gasteiger partial charge in [0.15, 0.2) is 0 Å². The molecule has 1 heterocycles. The summed E-state index contributed by atoms with van der Waals surface area (Å²) in [4.78, 5) is 12.7. The van der Waals surface area contributed by atoms with E-state index in [0.717, 1.165) is 11.0 Å². The number of hydrogen-bond acceptors (Lipinski definition) is 3. The number of benzene rings is 1. The normalized spacial score (nSPS) is 20.5. The zero-order valence-corrected chi connectivity index (χ0v) is 11.3. The Balaban J connectivity index is 2.39. The molecule has 0 spiro atoms. The summed E-state index contributed by atoms with van der Waals surface area (Å²) in [5.41, 5.74) is -0.105. The van der Waals surface area contributed by atoms with Crippen molar-refractivity contribution in [2.75, 3.05) is 11.4 Å². The topological polar surface area (TPSA) is 54.5 Å². The number of hydrogen-bond donors (Lipinski definition) is 0. The van der Waals surface area contributed by atoms with E-state index < -0.39 is 26.0 Å². The van der Waals surface area contributed by atoms with Crippen LogP contribution in [0.1, 0.15) is 6.42 Å². The van der Waals surface area contributed by atoms with Gasteiger partial charge in [-0.1, -0.05) is 17.7 Å². The molecule has 0 aromatic heterocycles. The molecule has 8 heteroatoms. The van der Waals surface area contributed by atoms with Crippen molar-refractivity contribution in [3.05, 3.63) is 29.0 Å². The van der Waals surface area contributed by atoms with Gasteiger partial charge in [0.1, 0.15) is 11.1 Å². The van der Waals surface area contributed by atoms with Gasteiger partial charge in [0.05, 0.1) is 10.7 Å². The lowest BCUT2D eigenvalue weighted by Crippen LogP contribution is -2.27. The standard InChI is InChI=1S/C10H8Cl2FNO3S/c11-7-2-1-3-8(13)10(7)14-5-6(4-9(14)15)18(12,16)17/h1-3,6H,4-5H2. The van der Waals surface area contributed by atoms with E-state index in [0.29, 0.717) is 0 Å². The van der Waals surface area contributed by atoms with Crippen LogP contribution in [0.15, 0.2) is 18.2 Å². The molecule has 0 radical (unpaired) electrons. The minimum atomic E-state index is -3.86. The zero-order chi connectivity index (χ0) is 13.5. The SMILES string of the molecule is O=C1CC(S(=O)(=O)Cl)CN1c1c(F)cccc1Cl. The summed E-state index contributed by atoms with van der Waals surface area (Å²) >= 11 is 5.82. The quantitative estimate of drug-likeness (QED) is 0.786. The monoisotopic (exact) mass is 311 g/mol. The average molecular weight is 312 g/mol. The molecule has 1 amide bonds. The summed E-state index contributed by atoms with van der Waals surface area (Å²) in [6.07, 6.45) is -0.267. The number of carbonyl (C=O) groups is 1. The maximum Gasteiger partial charge on any atom is 0.237 e. The van der Waals surface area contributed by atoms with Crippen molar-refractivity contribution >= 4 is 42.9 Å². The molecule has 1 aromatic carbocycles. The first kappa shape index (κ1) is 13.6. The predicted octanol–water partition coefficient (Wildman–Crippen LogP) is 2.15. The fourth-order valence-corrected chi connectivity index (χ4v) is 3.12. The van der Waals surface area contributed by atoms with Crippen molar-refractivity contribution in [2.45, 2.75) is 11.7 Å². The van der Waals surface area contributed by atoms with Gasteiger partial charge in [-0.15, -0.1) is 0 Å². The van der Waals surface area contributed by atoms with Crippen LogP contribution in [0, 0.1) is 5.82 Å². The van der Waals surface area contributed by atoms with Crippen LogP contribution in [0.4, 0.5) is 10.1 Å². The Morgan fingerprint density at radius 1 is 1.39 bits per heavy atom. The van der Waals surface area contributed by atoms with Gasteiger partial charge in [0.25, 0.3) is 0 Å². The van der Waals surface area contributed by atoms with Gasteiger partial charge in [-0.3, -0.25) is 4.79 Å². The average Bonchev–Trinajstić information content (AvgIpc) is 2.60. The first-order chi connectivity index (χ1) is 8.30. The summed E-state index contributed by atoms with van der Waals surface area (Å²) in [6, 6.07) is 3.98. The minimum Gasteiger partial charge on any atom is -0.307 e. The number of amides is 1. The lowest BCUT2D eigenvalue weighted by Gasteiger charge is -2.18. The first-order valence-corrected chi connectivity index (χ1v) is 7.73. The molecule has 1 fully saturated rings. The third-order valence-corrected chi connectivity index (χ3v) is 4.87. The van der Waals surface area contributed by atoms with Gasteiger partial charge in [-0.25, -0.2) is 12.8 Å². The van der Waals surface area contributed by atoms with E-state index in [9.17, 15) is 17.6 Å². The van der Waals surface area contributed by atoms with Gasteiger partial charge in [-0.05, 0) is 12.1 Å². The molecule has 0 bridgehead atoms. The van der Waals surface area contributed by atoms with Gasteiger partial charge < -0.3 is 4.90 Å². The minimum absolute atomic E-state index is 0.0518. The molecule has 1 unspecified atom stereocenters. The molecule has 1 aliphatic heterocycles. The second-order valence-electron chi connectivity index (χ2n) is 3.88. The van der Waals surface area contributed by atoms with Crippen molar-refractivity contribution in [3.63, 3.8) is 0 Å². The number of nitrogens with zero attached hydrogens (tertiary/aromatic N) is 1. The molecule has 1 atom stereocenters. The van der Waals surface area contributed by atoms with Crippen LogP contribution in [-0.2, 0) is 13.8 Å². The molecule has 2 rings (SSSR count). The largest absolute Gasteiger partial charge is 0.307 e. The van der Waals surface area contributed by atoms with E-state index in [2.05, 4.69) is 0 Å². The van der Waals surface area contributed by atoms with E-state index in [1.54, 1.807) is 0 Å². The van der Waals surface area contributed by atoms with Crippen LogP contribution < -0.4 is 4.90 Å². The summed E-state index contributed by atoms with van der Waals surface area (Å²) in [5.74, 6) is -1.19. The summed E-state index contributed by atoms with van der Waals surface area (Å²) in [5, 5.41) is -0.988. The van der Waals surface area contributed by atoms with Gasteiger partial charge in [0, 0.05) is 23.6 Å². The fourth-order valence-electron chi connectivity index (χ4n) is 1.83. The molecule has 4 nitrogen and oxygen atoms in total. The Kier molecular flexibility index (Phi) is 3.53.